The van der Waals surface area contributed by atoms with Gasteiger partial charge < -0.3 is 100 Å². The normalized spacial score (nSPS) is 29.4. The average molecular weight is 1240 g/mol. The summed E-state index contributed by atoms with van der Waals surface area (Å²) >= 11 is 0. The molecule has 0 aromatic carbocycles. The molecule has 504 valence electrons. The topological polar surface area (TPSA) is 373 Å². The standard InChI is InChI=1S/C63H116N2O21/c1-4-6-8-10-12-14-16-18-20-21-23-25-27-29-31-33-35-37-50(73)65-44(45(70)36-34-32-30-28-26-24-22-19-17-15-13-11-9-7-5-2)42-81-60-55(77)54(76)57(49(41-68)83-60)84-61-56(78)59(53(75)48(40-67)82-61)86-63(62(79)80)38-46(71)51(64-43(3)69)58(85-63)52(74)47(72)39-66/h18,20,44-49,51-61,66-68,70-72,74-78H,4-17,19,21-42H2,1-3H3,(H,64,69)(H,65,73)(H,79,80)/b20-18-. The zero-order valence-electron chi connectivity index (χ0n) is 52.2. The molecular weight excluding hydrogens is 1120 g/mol. The summed E-state index contributed by atoms with van der Waals surface area (Å²) in [5, 5.41) is 136. The highest BCUT2D eigenvalue weighted by Gasteiger charge is 2.60. The SMILES string of the molecule is CCCCCCCC/C=C\CCCCCCCCCC(=O)NC(COC1OC(CO)C(OC2OC(CO)C(O)C(OC3(C(=O)O)CC(O)C(NC(C)=O)C(C(O)C(O)CO)O3)C2O)C(O)C1O)C(O)CCCCCCCCCCCCCCCCC. The Bertz CT molecular complexity index is 1810. The number of aliphatic hydroxyl groups is 11. The fourth-order valence-electron chi connectivity index (χ4n) is 11.6. The van der Waals surface area contributed by atoms with Crippen LogP contribution < -0.4 is 10.6 Å². The lowest BCUT2D eigenvalue weighted by atomic mass is 9.88. The second-order valence-corrected chi connectivity index (χ2v) is 24.3. The summed E-state index contributed by atoms with van der Waals surface area (Å²) in [5.41, 5.74) is 0. The van der Waals surface area contributed by atoms with Crippen molar-refractivity contribution in [1.29, 1.82) is 0 Å². The van der Waals surface area contributed by atoms with Gasteiger partial charge in [-0.25, -0.2) is 4.79 Å². The van der Waals surface area contributed by atoms with Crippen LogP contribution in [-0.2, 0) is 42.8 Å². The van der Waals surface area contributed by atoms with Crippen molar-refractivity contribution in [1.82, 2.24) is 10.6 Å². The van der Waals surface area contributed by atoms with E-state index in [1.165, 1.54) is 103 Å². The molecule has 0 aliphatic carbocycles. The summed E-state index contributed by atoms with van der Waals surface area (Å²) < 4.78 is 34.8. The van der Waals surface area contributed by atoms with Crippen molar-refractivity contribution in [2.45, 2.75) is 342 Å². The summed E-state index contributed by atoms with van der Waals surface area (Å²) in [6, 6.07) is -2.53. The molecular formula is C63H116N2O21. The van der Waals surface area contributed by atoms with Gasteiger partial charge in [-0.2, -0.15) is 0 Å². The van der Waals surface area contributed by atoms with E-state index >= 15 is 0 Å². The van der Waals surface area contributed by atoms with Crippen molar-refractivity contribution in [2.24, 2.45) is 0 Å². The van der Waals surface area contributed by atoms with E-state index in [1.807, 2.05) is 0 Å². The van der Waals surface area contributed by atoms with E-state index in [-0.39, 0.29) is 18.9 Å². The Kier molecular flexibility index (Phi) is 40.5. The largest absolute Gasteiger partial charge is 0.477 e. The first kappa shape index (κ1) is 77.7. The minimum Gasteiger partial charge on any atom is -0.477 e. The van der Waals surface area contributed by atoms with Gasteiger partial charge in [0, 0.05) is 19.8 Å². The predicted octanol–water partition coefficient (Wildman–Crippen LogP) is 4.73. The Balaban J connectivity index is 1.63. The lowest BCUT2D eigenvalue weighted by Gasteiger charge is -2.50. The minimum atomic E-state index is -3.08. The van der Waals surface area contributed by atoms with Crippen molar-refractivity contribution in [2.75, 3.05) is 26.4 Å². The van der Waals surface area contributed by atoms with Crippen LogP contribution in [0.15, 0.2) is 12.2 Å². The monoisotopic (exact) mass is 1240 g/mol. The van der Waals surface area contributed by atoms with Gasteiger partial charge in [0.1, 0.15) is 67.1 Å². The quantitative estimate of drug-likeness (QED) is 0.0289. The van der Waals surface area contributed by atoms with E-state index in [9.17, 15) is 75.7 Å². The van der Waals surface area contributed by atoms with Crippen LogP contribution in [0.3, 0.4) is 0 Å². The maximum atomic E-state index is 13.4. The average Bonchev–Trinajstić information content (AvgIpc) is 1.19. The zero-order valence-corrected chi connectivity index (χ0v) is 52.2. The molecule has 3 rings (SSSR count). The van der Waals surface area contributed by atoms with E-state index in [0.29, 0.717) is 19.3 Å². The third-order valence-electron chi connectivity index (χ3n) is 17.0. The lowest BCUT2D eigenvalue weighted by molar-refractivity contribution is -0.386. The van der Waals surface area contributed by atoms with E-state index in [4.69, 9.17) is 28.4 Å². The molecule has 86 heavy (non-hydrogen) atoms. The number of carbonyl (C=O) groups is 3. The molecule has 3 aliphatic heterocycles. The highest BCUT2D eigenvalue weighted by molar-refractivity contribution is 5.77. The molecule has 18 unspecified atom stereocenters. The molecule has 18 atom stereocenters. The van der Waals surface area contributed by atoms with Crippen molar-refractivity contribution in [3.63, 3.8) is 0 Å². The van der Waals surface area contributed by atoms with Gasteiger partial charge in [0.05, 0.1) is 50.7 Å². The number of hydrogen-bond donors (Lipinski definition) is 14. The minimum absolute atomic E-state index is 0.220. The van der Waals surface area contributed by atoms with Gasteiger partial charge in [0.2, 0.25) is 11.8 Å². The molecule has 14 N–H and O–H groups in total. The van der Waals surface area contributed by atoms with E-state index in [1.54, 1.807) is 0 Å². The lowest BCUT2D eigenvalue weighted by Crippen LogP contribution is -2.70. The number of allylic oxidation sites excluding steroid dienone is 2. The molecule has 0 spiro atoms. The summed E-state index contributed by atoms with van der Waals surface area (Å²) in [6.07, 6.45) is 10.7. The zero-order chi connectivity index (χ0) is 63.3. The number of aliphatic carboxylic acids is 1. The van der Waals surface area contributed by atoms with Crippen molar-refractivity contribution < 1.29 is 104 Å². The molecule has 0 saturated carbocycles. The van der Waals surface area contributed by atoms with Crippen LogP contribution >= 0.6 is 0 Å². The molecule has 0 aromatic heterocycles. The Morgan fingerprint density at radius 1 is 0.593 bits per heavy atom. The molecule has 3 aliphatic rings. The molecule has 3 fully saturated rings. The van der Waals surface area contributed by atoms with Gasteiger partial charge in [-0.3, -0.25) is 9.59 Å². The third-order valence-corrected chi connectivity index (χ3v) is 17.0. The molecule has 0 aromatic rings. The smallest absolute Gasteiger partial charge is 0.364 e. The molecule has 0 radical (unpaired) electrons. The van der Waals surface area contributed by atoms with Crippen molar-refractivity contribution >= 4 is 17.8 Å². The van der Waals surface area contributed by atoms with Gasteiger partial charge in [-0.1, -0.05) is 187 Å². The van der Waals surface area contributed by atoms with Crippen molar-refractivity contribution in [3.05, 3.63) is 12.2 Å². The van der Waals surface area contributed by atoms with Gasteiger partial charge >= 0.3 is 5.97 Å². The van der Waals surface area contributed by atoms with Crippen LogP contribution in [0, 0.1) is 0 Å². The Hall–Kier alpha value is -2.53. The molecule has 0 bridgehead atoms. The summed E-state index contributed by atoms with van der Waals surface area (Å²) in [6.45, 7) is 2.18. The van der Waals surface area contributed by atoms with Crippen LogP contribution in [-0.4, -0.2) is 215 Å². The number of amides is 2. The first-order chi connectivity index (χ1) is 41.4. The predicted molar refractivity (Wildman–Crippen MR) is 320 cm³/mol. The number of rotatable bonds is 49. The second kappa shape index (κ2) is 44.9. The van der Waals surface area contributed by atoms with Crippen LogP contribution in [0.1, 0.15) is 233 Å². The summed E-state index contributed by atoms with van der Waals surface area (Å²) in [5.74, 6) is -6.10. The maximum Gasteiger partial charge on any atom is 0.364 e. The number of carboxylic acids is 1. The number of carboxylic acid groups (broad SMARTS) is 1. The molecule has 3 heterocycles. The number of aliphatic hydroxyl groups excluding tert-OH is 11. The van der Waals surface area contributed by atoms with Gasteiger partial charge in [-0.15, -0.1) is 0 Å². The van der Waals surface area contributed by atoms with E-state index in [2.05, 4.69) is 36.6 Å². The fraction of sp³-hybridized carbons (Fsp3) is 0.921. The first-order valence-electron chi connectivity index (χ1n) is 33.0. The number of ether oxygens (including phenoxy) is 6. The Labute approximate surface area is 511 Å². The van der Waals surface area contributed by atoms with Crippen molar-refractivity contribution in [3.8, 4) is 0 Å². The second-order valence-electron chi connectivity index (χ2n) is 24.3. The van der Waals surface area contributed by atoms with Gasteiger partial charge in [-0.05, 0) is 38.5 Å². The molecule has 2 amide bonds. The van der Waals surface area contributed by atoms with Crippen LogP contribution in [0.4, 0.5) is 0 Å². The number of nitrogens with one attached hydrogen (secondary N) is 2. The maximum absolute atomic E-state index is 13.4. The Morgan fingerprint density at radius 2 is 1.08 bits per heavy atom. The summed E-state index contributed by atoms with van der Waals surface area (Å²) in [7, 11) is 0. The molecule has 23 nitrogen and oxygen atoms in total. The molecule has 3 saturated heterocycles. The van der Waals surface area contributed by atoms with Crippen LogP contribution in [0.2, 0.25) is 0 Å². The number of carbonyl (C=O) groups excluding carboxylic acids is 2. The van der Waals surface area contributed by atoms with E-state index < -0.39 is 148 Å². The highest BCUT2D eigenvalue weighted by atomic mass is 16.8. The highest BCUT2D eigenvalue weighted by Crippen LogP contribution is 2.39. The number of hydrogen-bond acceptors (Lipinski definition) is 20. The number of unbranched alkanes of at least 4 members (excludes halogenated alkanes) is 27. The third kappa shape index (κ3) is 27.9. The van der Waals surface area contributed by atoms with Crippen LogP contribution in [0.25, 0.3) is 0 Å². The van der Waals surface area contributed by atoms with Gasteiger partial charge in [0.25, 0.3) is 5.79 Å². The van der Waals surface area contributed by atoms with E-state index in [0.717, 1.165) is 84.0 Å². The Morgan fingerprint density at radius 3 is 1.57 bits per heavy atom. The fourth-order valence-corrected chi connectivity index (χ4v) is 11.6. The first-order valence-corrected chi connectivity index (χ1v) is 33.0. The van der Waals surface area contributed by atoms with Gasteiger partial charge in [0.15, 0.2) is 12.6 Å². The summed E-state index contributed by atoms with van der Waals surface area (Å²) in [4.78, 5) is 38.5. The molecule has 23 heteroatoms. The van der Waals surface area contributed by atoms with Crippen LogP contribution in [0.5, 0.6) is 0 Å².